The maximum atomic E-state index is 11.6. The summed E-state index contributed by atoms with van der Waals surface area (Å²) in [6.07, 6.45) is 0. The van der Waals surface area contributed by atoms with Crippen LogP contribution in [-0.2, 0) is 9.47 Å². The van der Waals surface area contributed by atoms with Crippen molar-refractivity contribution in [2.24, 2.45) is 0 Å². The van der Waals surface area contributed by atoms with Crippen LogP contribution in [0.4, 0.5) is 0 Å². The smallest absolute Gasteiger partial charge is 0.192 e. The van der Waals surface area contributed by atoms with Gasteiger partial charge in [-0.2, -0.15) is 0 Å². The highest BCUT2D eigenvalue weighted by atomic mass is 16.7. The zero-order valence-electron chi connectivity index (χ0n) is 8.86. The van der Waals surface area contributed by atoms with E-state index in [1.54, 1.807) is 18.2 Å². The number of carbonyl (C=O) groups is 1. The monoisotopic (exact) mass is 210 g/mol. The van der Waals surface area contributed by atoms with Gasteiger partial charge >= 0.3 is 0 Å². The van der Waals surface area contributed by atoms with Crippen molar-refractivity contribution in [1.29, 1.82) is 0 Å². The van der Waals surface area contributed by atoms with Crippen molar-refractivity contribution in [1.82, 2.24) is 0 Å². The highest BCUT2D eigenvalue weighted by Crippen LogP contribution is 2.17. The molecule has 4 heteroatoms. The van der Waals surface area contributed by atoms with Crippen LogP contribution in [0.15, 0.2) is 24.3 Å². The average molecular weight is 210 g/mol. The topological polar surface area (TPSA) is 44.8 Å². The normalized spacial score (nSPS) is 10.0. The van der Waals surface area contributed by atoms with Crippen molar-refractivity contribution >= 4 is 5.78 Å². The fraction of sp³-hybridized carbons (Fsp3) is 0.364. The summed E-state index contributed by atoms with van der Waals surface area (Å²) in [6.45, 7) is 0.106. The van der Waals surface area contributed by atoms with E-state index in [1.165, 1.54) is 14.2 Å². The number of hydrogen-bond acceptors (Lipinski definition) is 4. The Balaban J connectivity index is 2.64. The van der Waals surface area contributed by atoms with E-state index < -0.39 is 0 Å². The predicted octanol–water partition coefficient (Wildman–Crippen LogP) is 1.50. The summed E-state index contributed by atoms with van der Waals surface area (Å²) in [6, 6.07) is 7.04. The van der Waals surface area contributed by atoms with Crippen molar-refractivity contribution in [2.75, 3.05) is 27.6 Å². The lowest BCUT2D eigenvalue weighted by Crippen LogP contribution is -2.11. The second-order valence-electron chi connectivity index (χ2n) is 2.88. The van der Waals surface area contributed by atoms with E-state index in [1.807, 2.05) is 6.07 Å². The highest BCUT2D eigenvalue weighted by Gasteiger charge is 2.10. The van der Waals surface area contributed by atoms with Gasteiger partial charge in [-0.25, -0.2) is 0 Å². The van der Waals surface area contributed by atoms with Crippen LogP contribution in [0, 0.1) is 0 Å². The minimum Gasteiger partial charge on any atom is -0.496 e. The number of rotatable bonds is 6. The molecule has 0 amide bonds. The second kappa shape index (κ2) is 6.16. The molecule has 0 N–H and O–H groups in total. The van der Waals surface area contributed by atoms with Gasteiger partial charge in [0, 0.05) is 7.11 Å². The number of ketones is 1. The van der Waals surface area contributed by atoms with Gasteiger partial charge in [-0.15, -0.1) is 0 Å². The molecule has 1 rings (SSSR count). The van der Waals surface area contributed by atoms with E-state index in [2.05, 4.69) is 4.74 Å². The summed E-state index contributed by atoms with van der Waals surface area (Å²) in [7, 11) is 3.04. The summed E-state index contributed by atoms with van der Waals surface area (Å²) >= 11 is 0. The van der Waals surface area contributed by atoms with Gasteiger partial charge in [-0.05, 0) is 12.1 Å². The van der Waals surface area contributed by atoms with Gasteiger partial charge in [0.05, 0.1) is 12.7 Å². The molecule has 0 aromatic heterocycles. The highest BCUT2D eigenvalue weighted by molar-refractivity contribution is 5.99. The molecule has 0 radical (unpaired) electrons. The summed E-state index contributed by atoms with van der Waals surface area (Å²) in [4.78, 5) is 11.6. The molecule has 0 aliphatic rings. The Labute approximate surface area is 88.8 Å². The van der Waals surface area contributed by atoms with Gasteiger partial charge in [0.2, 0.25) is 0 Å². The van der Waals surface area contributed by atoms with Gasteiger partial charge in [0.15, 0.2) is 5.78 Å². The Morgan fingerprint density at radius 1 is 1.27 bits per heavy atom. The van der Waals surface area contributed by atoms with Crippen LogP contribution in [0.3, 0.4) is 0 Å². The fourth-order valence-electron chi connectivity index (χ4n) is 1.17. The molecule has 0 atom stereocenters. The molecule has 1 aromatic carbocycles. The molecule has 0 saturated carbocycles. The number of Topliss-reactive ketones (excluding diaryl/α,β-unsaturated/α-hetero) is 1. The molecule has 0 unspecified atom stereocenters. The van der Waals surface area contributed by atoms with E-state index in [-0.39, 0.29) is 19.2 Å². The first-order chi connectivity index (χ1) is 7.29. The molecule has 0 heterocycles. The number of hydrogen-bond donors (Lipinski definition) is 0. The second-order valence-corrected chi connectivity index (χ2v) is 2.88. The standard InChI is InChI=1S/C11H14O4/c1-13-8-15-7-10(12)9-5-3-4-6-11(9)14-2/h3-6H,7-8H2,1-2H3. The predicted molar refractivity (Wildman–Crippen MR) is 55.2 cm³/mol. The first kappa shape index (κ1) is 11.7. The molecule has 0 spiro atoms. The molecule has 0 bridgehead atoms. The molecule has 0 aliphatic carbocycles. The van der Waals surface area contributed by atoms with Gasteiger partial charge in [0.25, 0.3) is 0 Å². The lowest BCUT2D eigenvalue weighted by Gasteiger charge is -2.07. The number of benzene rings is 1. The van der Waals surface area contributed by atoms with E-state index in [0.717, 1.165) is 0 Å². The Hall–Kier alpha value is -1.39. The summed E-state index contributed by atoms with van der Waals surface area (Å²) < 4.78 is 14.7. The Morgan fingerprint density at radius 2 is 2.00 bits per heavy atom. The van der Waals surface area contributed by atoms with Crippen molar-refractivity contribution in [3.8, 4) is 5.75 Å². The zero-order valence-corrected chi connectivity index (χ0v) is 8.86. The van der Waals surface area contributed by atoms with Crippen LogP contribution in [0.5, 0.6) is 5.75 Å². The van der Waals surface area contributed by atoms with Crippen molar-refractivity contribution in [3.05, 3.63) is 29.8 Å². The molecule has 15 heavy (non-hydrogen) atoms. The lowest BCUT2D eigenvalue weighted by molar-refractivity contribution is -0.0238. The zero-order chi connectivity index (χ0) is 11.1. The third-order valence-electron chi connectivity index (χ3n) is 1.84. The van der Waals surface area contributed by atoms with Crippen LogP contribution in [-0.4, -0.2) is 33.4 Å². The molecule has 0 fully saturated rings. The number of ether oxygens (including phenoxy) is 3. The van der Waals surface area contributed by atoms with Gasteiger partial charge in [-0.3, -0.25) is 4.79 Å². The molecule has 0 aliphatic heterocycles. The number of para-hydroxylation sites is 1. The van der Waals surface area contributed by atoms with Gasteiger partial charge in [0.1, 0.15) is 19.1 Å². The van der Waals surface area contributed by atoms with Crippen LogP contribution in [0.25, 0.3) is 0 Å². The molecule has 0 saturated heterocycles. The van der Waals surface area contributed by atoms with Crippen LogP contribution < -0.4 is 4.74 Å². The first-order valence-corrected chi connectivity index (χ1v) is 4.52. The molecular formula is C11H14O4. The van der Waals surface area contributed by atoms with Crippen LogP contribution in [0.2, 0.25) is 0 Å². The number of carbonyl (C=O) groups excluding carboxylic acids is 1. The molecule has 4 nitrogen and oxygen atoms in total. The van der Waals surface area contributed by atoms with Crippen molar-refractivity contribution in [2.45, 2.75) is 0 Å². The average Bonchev–Trinajstić information content (AvgIpc) is 2.29. The Bertz CT molecular complexity index is 322. The first-order valence-electron chi connectivity index (χ1n) is 4.52. The Morgan fingerprint density at radius 3 is 2.67 bits per heavy atom. The summed E-state index contributed by atoms with van der Waals surface area (Å²) in [5.41, 5.74) is 0.524. The third kappa shape index (κ3) is 3.34. The van der Waals surface area contributed by atoms with Crippen molar-refractivity contribution < 1.29 is 19.0 Å². The van der Waals surface area contributed by atoms with E-state index in [4.69, 9.17) is 9.47 Å². The maximum Gasteiger partial charge on any atom is 0.192 e. The van der Waals surface area contributed by atoms with Gasteiger partial charge in [-0.1, -0.05) is 12.1 Å². The van der Waals surface area contributed by atoms with E-state index in [0.29, 0.717) is 11.3 Å². The minimum absolute atomic E-state index is 0.00574. The quantitative estimate of drug-likeness (QED) is 0.405. The van der Waals surface area contributed by atoms with Gasteiger partial charge < -0.3 is 14.2 Å². The lowest BCUT2D eigenvalue weighted by atomic mass is 10.1. The third-order valence-corrected chi connectivity index (χ3v) is 1.84. The Kier molecular flexibility index (Phi) is 4.80. The van der Waals surface area contributed by atoms with Crippen molar-refractivity contribution in [3.63, 3.8) is 0 Å². The number of methoxy groups -OCH3 is 2. The summed E-state index contributed by atoms with van der Waals surface area (Å²) in [5, 5.41) is 0. The SMILES string of the molecule is COCOCC(=O)c1ccccc1OC. The molecule has 82 valence electrons. The fourth-order valence-corrected chi connectivity index (χ4v) is 1.17. The van der Waals surface area contributed by atoms with Crippen LogP contribution in [0.1, 0.15) is 10.4 Å². The minimum atomic E-state index is -0.121. The van der Waals surface area contributed by atoms with E-state index in [9.17, 15) is 4.79 Å². The largest absolute Gasteiger partial charge is 0.496 e. The molecule has 1 aromatic rings. The van der Waals surface area contributed by atoms with E-state index >= 15 is 0 Å². The molecular weight excluding hydrogens is 196 g/mol. The maximum absolute atomic E-state index is 11.6. The van der Waals surface area contributed by atoms with Crippen LogP contribution >= 0.6 is 0 Å². The summed E-state index contributed by atoms with van der Waals surface area (Å²) in [5.74, 6) is 0.438.